The number of carbonyl (C=O) groups is 4. The Kier molecular flexibility index (Phi) is 9.83. The number of carboxylic acid groups (broad SMARTS) is 1. The highest BCUT2D eigenvalue weighted by Gasteiger charge is 2.38. The zero-order valence-corrected chi connectivity index (χ0v) is 12.0. The summed E-state index contributed by atoms with van der Waals surface area (Å²) >= 11 is 0. The molecule has 0 rings (SSSR count). The summed E-state index contributed by atoms with van der Waals surface area (Å²) in [4.78, 5) is 41.6. The van der Waals surface area contributed by atoms with Gasteiger partial charge in [0.2, 0.25) is 5.91 Å². The van der Waals surface area contributed by atoms with E-state index in [4.69, 9.17) is 21.5 Å². The highest BCUT2D eigenvalue weighted by atomic mass is 19.4. The van der Waals surface area contributed by atoms with Crippen LogP contribution in [-0.4, -0.2) is 41.3 Å². The van der Waals surface area contributed by atoms with Gasteiger partial charge in [-0.15, -0.1) is 0 Å². The Morgan fingerprint density at radius 1 is 1.04 bits per heavy atom. The topological polar surface area (TPSA) is 189 Å². The van der Waals surface area contributed by atoms with Gasteiger partial charge in [0, 0.05) is 0 Å². The molecular formula is C9H17F3N6O5. The van der Waals surface area contributed by atoms with E-state index in [1.807, 2.05) is 10.9 Å². The zero-order chi connectivity index (χ0) is 18.8. The molecule has 0 aliphatic carbocycles. The number of carboxylic acids is 1. The molecule has 0 aromatic rings. The number of rotatable bonds is 3. The first kappa shape index (κ1) is 22.5. The van der Waals surface area contributed by atoms with Crippen molar-refractivity contribution in [3.8, 4) is 0 Å². The Balaban J connectivity index is 0. The fourth-order valence-corrected chi connectivity index (χ4v) is 0.893. The number of halogens is 3. The van der Waals surface area contributed by atoms with Gasteiger partial charge in [-0.3, -0.25) is 10.2 Å². The van der Waals surface area contributed by atoms with E-state index in [-0.39, 0.29) is 5.92 Å². The number of amides is 5. The second kappa shape index (κ2) is 10.0. The first-order valence-electron chi connectivity index (χ1n) is 5.75. The number of nitrogens with two attached hydrogens (primary N) is 2. The molecule has 23 heavy (non-hydrogen) atoms. The highest BCUT2D eigenvalue weighted by Crippen LogP contribution is 2.13. The van der Waals surface area contributed by atoms with E-state index in [1.54, 1.807) is 19.3 Å². The molecule has 1 atom stereocenters. The van der Waals surface area contributed by atoms with Crippen molar-refractivity contribution in [2.24, 2.45) is 17.5 Å². The third kappa shape index (κ3) is 11.6. The molecular weight excluding hydrogens is 329 g/mol. The lowest BCUT2D eigenvalue weighted by Gasteiger charge is -2.19. The summed E-state index contributed by atoms with van der Waals surface area (Å²) in [6, 6.07) is -2.38. The SMILES string of the molecule is CC(C)[C@H](NC(=O)NNC(=O)NN)C(N)=O.O=C(O)C(F)(F)F. The van der Waals surface area contributed by atoms with Gasteiger partial charge in [0.1, 0.15) is 6.04 Å². The first-order valence-corrected chi connectivity index (χ1v) is 5.75. The summed E-state index contributed by atoms with van der Waals surface area (Å²) < 4.78 is 31.7. The van der Waals surface area contributed by atoms with Gasteiger partial charge in [-0.05, 0) is 5.92 Å². The molecule has 14 heteroatoms. The largest absolute Gasteiger partial charge is 0.490 e. The summed E-state index contributed by atoms with van der Waals surface area (Å²) in [7, 11) is 0. The minimum Gasteiger partial charge on any atom is -0.475 e. The number of hydrogen-bond donors (Lipinski definition) is 7. The third-order valence-electron chi connectivity index (χ3n) is 1.92. The van der Waals surface area contributed by atoms with Gasteiger partial charge in [0.25, 0.3) is 0 Å². The summed E-state index contributed by atoms with van der Waals surface area (Å²) in [5, 5.41) is 9.41. The van der Waals surface area contributed by atoms with E-state index in [2.05, 4.69) is 5.32 Å². The Bertz CT molecular complexity index is 442. The summed E-state index contributed by atoms with van der Waals surface area (Å²) in [5.74, 6) is 1.17. The molecule has 0 heterocycles. The zero-order valence-electron chi connectivity index (χ0n) is 12.0. The molecule has 0 saturated carbocycles. The molecule has 0 aromatic carbocycles. The van der Waals surface area contributed by atoms with Gasteiger partial charge in [-0.25, -0.2) is 31.1 Å². The Morgan fingerprint density at radius 2 is 1.43 bits per heavy atom. The van der Waals surface area contributed by atoms with E-state index >= 15 is 0 Å². The molecule has 0 saturated heterocycles. The average molecular weight is 346 g/mol. The second-order valence-electron chi connectivity index (χ2n) is 4.12. The standard InChI is InChI=1S/C7H16N6O3.C2HF3O2/c1-3(2)4(5(8)14)10-6(15)12-13-7(16)11-9;3-2(4,5)1(6)7/h3-4H,9H2,1-2H3,(H2,8,14)(H2,10,12,15)(H2,11,13,16);(H,6,7)/t4-;/m0./s1. The summed E-state index contributed by atoms with van der Waals surface area (Å²) in [6.45, 7) is 3.44. The molecule has 9 N–H and O–H groups in total. The van der Waals surface area contributed by atoms with Gasteiger partial charge in [-0.1, -0.05) is 13.8 Å². The second-order valence-corrected chi connectivity index (χ2v) is 4.12. The maximum atomic E-state index is 11.2. The highest BCUT2D eigenvalue weighted by molar-refractivity contribution is 5.87. The fraction of sp³-hybridized carbons (Fsp3) is 0.556. The van der Waals surface area contributed by atoms with Crippen molar-refractivity contribution in [2.45, 2.75) is 26.1 Å². The van der Waals surface area contributed by atoms with Gasteiger partial charge in [0.15, 0.2) is 0 Å². The van der Waals surface area contributed by atoms with Crippen LogP contribution in [0.4, 0.5) is 22.8 Å². The molecule has 0 unspecified atom stereocenters. The third-order valence-corrected chi connectivity index (χ3v) is 1.92. The minimum absolute atomic E-state index is 0.161. The smallest absolute Gasteiger partial charge is 0.475 e. The Labute approximate surface area is 127 Å². The van der Waals surface area contributed by atoms with E-state index in [1.165, 1.54) is 0 Å². The van der Waals surface area contributed by atoms with Crippen LogP contribution in [0.5, 0.6) is 0 Å². The molecule has 0 aliphatic heterocycles. The van der Waals surface area contributed by atoms with Crippen LogP contribution in [-0.2, 0) is 9.59 Å². The van der Waals surface area contributed by atoms with Crippen LogP contribution in [0.2, 0.25) is 0 Å². The number of hydrogen-bond acceptors (Lipinski definition) is 5. The summed E-state index contributed by atoms with van der Waals surface area (Å²) in [6.07, 6.45) is -5.08. The van der Waals surface area contributed by atoms with Gasteiger partial charge < -0.3 is 16.2 Å². The van der Waals surface area contributed by atoms with E-state index in [0.717, 1.165) is 0 Å². The molecule has 0 aromatic heterocycles. The Hall–Kier alpha value is -2.77. The quantitative estimate of drug-likeness (QED) is 0.185. The lowest BCUT2D eigenvalue weighted by molar-refractivity contribution is -0.192. The fourth-order valence-electron chi connectivity index (χ4n) is 0.893. The molecule has 0 radical (unpaired) electrons. The van der Waals surface area contributed by atoms with Crippen LogP contribution in [0.25, 0.3) is 0 Å². The predicted molar refractivity (Wildman–Crippen MR) is 69.0 cm³/mol. The van der Waals surface area contributed by atoms with Gasteiger partial charge in [-0.2, -0.15) is 13.2 Å². The van der Waals surface area contributed by atoms with Gasteiger partial charge in [0.05, 0.1) is 0 Å². The van der Waals surface area contributed by atoms with Crippen molar-refractivity contribution in [2.75, 3.05) is 0 Å². The number of primary amides is 1. The van der Waals surface area contributed by atoms with E-state index in [0.29, 0.717) is 0 Å². The lowest BCUT2D eigenvalue weighted by Crippen LogP contribution is -2.56. The van der Waals surface area contributed by atoms with Crippen molar-refractivity contribution in [3.63, 3.8) is 0 Å². The normalized spacial score (nSPS) is 11.4. The van der Waals surface area contributed by atoms with E-state index < -0.39 is 36.2 Å². The number of hydrazine groups is 2. The first-order chi connectivity index (χ1) is 10.3. The summed E-state index contributed by atoms with van der Waals surface area (Å²) in [5.41, 5.74) is 10.7. The molecule has 134 valence electrons. The number of carbonyl (C=O) groups excluding carboxylic acids is 3. The maximum Gasteiger partial charge on any atom is 0.490 e. The van der Waals surface area contributed by atoms with Crippen LogP contribution in [0, 0.1) is 5.92 Å². The number of aliphatic carboxylic acids is 1. The van der Waals surface area contributed by atoms with Crippen LogP contribution in [0.15, 0.2) is 0 Å². The average Bonchev–Trinajstić information content (AvgIpc) is 2.40. The van der Waals surface area contributed by atoms with Crippen LogP contribution in [0.1, 0.15) is 13.8 Å². The molecule has 0 aliphatic rings. The number of urea groups is 2. The monoisotopic (exact) mass is 346 g/mol. The molecule has 5 amide bonds. The molecule has 0 bridgehead atoms. The van der Waals surface area contributed by atoms with Crippen molar-refractivity contribution in [3.05, 3.63) is 0 Å². The van der Waals surface area contributed by atoms with Crippen molar-refractivity contribution >= 4 is 23.9 Å². The van der Waals surface area contributed by atoms with Crippen molar-refractivity contribution in [1.82, 2.24) is 21.6 Å². The van der Waals surface area contributed by atoms with Crippen LogP contribution in [0.3, 0.4) is 0 Å². The van der Waals surface area contributed by atoms with Crippen LogP contribution < -0.4 is 33.2 Å². The molecule has 0 fully saturated rings. The van der Waals surface area contributed by atoms with Crippen LogP contribution >= 0.6 is 0 Å². The van der Waals surface area contributed by atoms with Crippen molar-refractivity contribution in [1.29, 1.82) is 0 Å². The number of alkyl halides is 3. The number of nitrogens with one attached hydrogen (secondary N) is 4. The van der Waals surface area contributed by atoms with E-state index in [9.17, 15) is 27.6 Å². The van der Waals surface area contributed by atoms with Crippen molar-refractivity contribution < 1.29 is 37.5 Å². The minimum atomic E-state index is -5.08. The van der Waals surface area contributed by atoms with Gasteiger partial charge >= 0.3 is 24.2 Å². The molecule has 11 nitrogen and oxygen atoms in total. The molecule has 0 spiro atoms. The lowest BCUT2D eigenvalue weighted by atomic mass is 10.0. The Morgan fingerprint density at radius 3 is 1.70 bits per heavy atom. The predicted octanol–water partition coefficient (Wildman–Crippen LogP) is -1.48. The maximum absolute atomic E-state index is 11.2.